The Morgan fingerprint density at radius 3 is 2.33 bits per heavy atom. The summed E-state index contributed by atoms with van der Waals surface area (Å²) >= 11 is 0. The molecule has 0 aliphatic carbocycles. The fourth-order valence-electron chi connectivity index (χ4n) is 2.18. The Bertz CT molecular complexity index is 679. The summed E-state index contributed by atoms with van der Waals surface area (Å²) in [6.45, 7) is 4.29. The standard InChI is InChI=1S/C16H16F2N2O/c1-9-4-3-5-10(2)12(9)8-20-15-6-11(16(19)21)13(17)7-14(15)18/h3-7,20H,8H2,1-2H3,(H2,19,21). The van der Waals surface area contributed by atoms with Gasteiger partial charge in [0, 0.05) is 12.6 Å². The van der Waals surface area contributed by atoms with Crippen LogP contribution in [-0.2, 0) is 6.54 Å². The van der Waals surface area contributed by atoms with Gasteiger partial charge in [0.2, 0.25) is 0 Å². The molecular formula is C16H16F2N2O. The molecule has 0 unspecified atom stereocenters. The van der Waals surface area contributed by atoms with Crippen molar-refractivity contribution >= 4 is 11.6 Å². The largest absolute Gasteiger partial charge is 0.379 e. The van der Waals surface area contributed by atoms with E-state index in [1.54, 1.807) is 0 Å². The highest BCUT2D eigenvalue weighted by atomic mass is 19.1. The minimum absolute atomic E-state index is 0.0489. The predicted octanol–water partition coefficient (Wildman–Crippen LogP) is 3.29. The maximum Gasteiger partial charge on any atom is 0.251 e. The molecule has 21 heavy (non-hydrogen) atoms. The van der Waals surface area contributed by atoms with Crippen molar-refractivity contribution in [3.63, 3.8) is 0 Å². The van der Waals surface area contributed by atoms with Crippen LogP contribution in [0.5, 0.6) is 0 Å². The van der Waals surface area contributed by atoms with E-state index in [2.05, 4.69) is 5.32 Å². The van der Waals surface area contributed by atoms with Crippen molar-refractivity contribution in [2.75, 3.05) is 5.32 Å². The first-order valence-corrected chi connectivity index (χ1v) is 6.48. The zero-order valence-electron chi connectivity index (χ0n) is 11.8. The molecule has 2 rings (SSSR count). The van der Waals surface area contributed by atoms with Crippen molar-refractivity contribution in [3.8, 4) is 0 Å². The van der Waals surface area contributed by atoms with Crippen LogP contribution in [0.15, 0.2) is 30.3 Å². The highest BCUT2D eigenvalue weighted by Crippen LogP contribution is 2.21. The van der Waals surface area contributed by atoms with Gasteiger partial charge in [-0.2, -0.15) is 0 Å². The Hall–Kier alpha value is -2.43. The second-order valence-electron chi connectivity index (χ2n) is 4.90. The lowest BCUT2D eigenvalue weighted by Gasteiger charge is -2.13. The van der Waals surface area contributed by atoms with Gasteiger partial charge >= 0.3 is 0 Å². The third-order valence-corrected chi connectivity index (χ3v) is 3.42. The van der Waals surface area contributed by atoms with Crippen LogP contribution < -0.4 is 11.1 Å². The highest BCUT2D eigenvalue weighted by Gasteiger charge is 2.14. The van der Waals surface area contributed by atoms with E-state index in [1.165, 1.54) is 0 Å². The van der Waals surface area contributed by atoms with Crippen molar-refractivity contribution in [1.82, 2.24) is 0 Å². The molecule has 0 saturated carbocycles. The van der Waals surface area contributed by atoms with Crippen LogP contribution in [0.4, 0.5) is 14.5 Å². The topological polar surface area (TPSA) is 55.1 Å². The van der Waals surface area contributed by atoms with Crippen molar-refractivity contribution in [2.45, 2.75) is 20.4 Å². The summed E-state index contributed by atoms with van der Waals surface area (Å²) in [6.07, 6.45) is 0. The third-order valence-electron chi connectivity index (χ3n) is 3.42. The average molecular weight is 290 g/mol. The van der Waals surface area contributed by atoms with Crippen LogP contribution in [0.2, 0.25) is 0 Å². The van der Waals surface area contributed by atoms with Crippen LogP contribution in [0.25, 0.3) is 0 Å². The normalized spacial score (nSPS) is 10.5. The molecule has 5 heteroatoms. The summed E-state index contributed by atoms with van der Waals surface area (Å²) in [7, 11) is 0. The number of benzene rings is 2. The molecule has 2 aromatic rings. The van der Waals surface area contributed by atoms with Gasteiger partial charge in [0.05, 0.1) is 11.3 Å². The van der Waals surface area contributed by atoms with Gasteiger partial charge < -0.3 is 11.1 Å². The molecule has 0 saturated heterocycles. The lowest BCUT2D eigenvalue weighted by atomic mass is 10.0. The SMILES string of the molecule is Cc1cccc(C)c1CNc1cc(C(N)=O)c(F)cc1F. The maximum atomic E-state index is 13.7. The van der Waals surface area contributed by atoms with E-state index in [0.717, 1.165) is 22.8 Å². The molecule has 0 radical (unpaired) electrons. The molecule has 0 heterocycles. The molecule has 3 N–H and O–H groups in total. The number of nitrogens with one attached hydrogen (secondary N) is 1. The van der Waals surface area contributed by atoms with Gasteiger partial charge in [0.1, 0.15) is 11.6 Å². The molecule has 1 amide bonds. The van der Waals surface area contributed by atoms with E-state index in [-0.39, 0.29) is 11.3 Å². The van der Waals surface area contributed by atoms with E-state index >= 15 is 0 Å². The number of nitrogens with two attached hydrogens (primary N) is 1. The minimum Gasteiger partial charge on any atom is -0.379 e. The first kappa shape index (κ1) is 15.0. The van der Waals surface area contributed by atoms with Crippen LogP contribution >= 0.6 is 0 Å². The van der Waals surface area contributed by atoms with Crippen molar-refractivity contribution in [2.24, 2.45) is 5.73 Å². The van der Waals surface area contributed by atoms with E-state index in [0.29, 0.717) is 12.6 Å². The molecule has 0 fully saturated rings. The maximum absolute atomic E-state index is 13.7. The fraction of sp³-hybridized carbons (Fsp3) is 0.188. The molecule has 0 atom stereocenters. The number of aryl methyl sites for hydroxylation is 2. The minimum atomic E-state index is -0.961. The number of hydrogen-bond acceptors (Lipinski definition) is 2. The zero-order chi connectivity index (χ0) is 15.6. The van der Waals surface area contributed by atoms with Gasteiger partial charge in [0.15, 0.2) is 0 Å². The number of rotatable bonds is 4. The van der Waals surface area contributed by atoms with Gasteiger partial charge in [0.25, 0.3) is 5.91 Å². The summed E-state index contributed by atoms with van der Waals surface area (Å²) in [6, 6.07) is 7.62. The Morgan fingerprint density at radius 1 is 1.14 bits per heavy atom. The van der Waals surface area contributed by atoms with Gasteiger partial charge in [-0.25, -0.2) is 8.78 Å². The highest BCUT2D eigenvalue weighted by molar-refractivity contribution is 5.94. The lowest BCUT2D eigenvalue weighted by molar-refractivity contribution is 0.0996. The Morgan fingerprint density at radius 2 is 1.76 bits per heavy atom. The summed E-state index contributed by atoms with van der Waals surface area (Å²) in [5.41, 5.74) is 7.94. The average Bonchev–Trinajstić information content (AvgIpc) is 2.39. The van der Waals surface area contributed by atoms with E-state index in [1.807, 2.05) is 32.0 Å². The molecule has 0 spiro atoms. The van der Waals surface area contributed by atoms with Crippen molar-refractivity contribution in [3.05, 3.63) is 64.2 Å². The lowest BCUT2D eigenvalue weighted by Crippen LogP contribution is -2.14. The number of halogens is 2. The molecular weight excluding hydrogens is 274 g/mol. The third kappa shape index (κ3) is 3.18. The molecule has 0 aliphatic heterocycles. The smallest absolute Gasteiger partial charge is 0.251 e. The number of hydrogen-bond donors (Lipinski definition) is 2. The first-order valence-electron chi connectivity index (χ1n) is 6.48. The summed E-state index contributed by atoms with van der Waals surface area (Å²) in [5, 5.41) is 2.88. The van der Waals surface area contributed by atoms with Crippen molar-refractivity contribution < 1.29 is 13.6 Å². The van der Waals surface area contributed by atoms with Crippen molar-refractivity contribution in [1.29, 1.82) is 0 Å². The number of carbonyl (C=O) groups excluding carboxylic acids is 1. The molecule has 110 valence electrons. The van der Waals surface area contributed by atoms with Gasteiger partial charge in [-0.3, -0.25) is 4.79 Å². The molecule has 3 nitrogen and oxygen atoms in total. The number of amides is 1. The van der Waals surface area contributed by atoms with E-state index in [4.69, 9.17) is 5.73 Å². The Kier molecular flexibility index (Phi) is 4.21. The van der Waals surface area contributed by atoms with E-state index in [9.17, 15) is 13.6 Å². The van der Waals surface area contributed by atoms with Crippen LogP contribution in [0.1, 0.15) is 27.0 Å². The molecule has 0 bridgehead atoms. The predicted molar refractivity (Wildman–Crippen MR) is 78.1 cm³/mol. The van der Waals surface area contributed by atoms with Gasteiger partial charge in [-0.15, -0.1) is 0 Å². The number of carbonyl (C=O) groups is 1. The monoisotopic (exact) mass is 290 g/mol. The van der Waals surface area contributed by atoms with Crippen LogP contribution in [-0.4, -0.2) is 5.91 Å². The summed E-state index contributed by atoms with van der Waals surface area (Å²) < 4.78 is 27.1. The molecule has 0 aromatic heterocycles. The summed E-state index contributed by atoms with van der Waals surface area (Å²) in [5.74, 6) is -2.65. The fourth-order valence-corrected chi connectivity index (χ4v) is 2.18. The number of anilines is 1. The first-order chi connectivity index (χ1) is 9.90. The zero-order valence-corrected chi connectivity index (χ0v) is 11.8. The van der Waals surface area contributed by atoms with E-state index < -0.39 is 17.5 Å². The molecule has 2 aromatic carbocycles. The van der Waals surface area contributed by atoms with Gasteiger partial charge in [-0.05, 0) is 36.6 Å². The quantitative estimate of drug-likeness (QED) is 0.907. The number of primary amides is 1. The summed E-state index contributed by atoms with van der Waals surface area (Å²) in [4.78, 5) is 11.1. The molecule has 0 aliphatic rings. The van der Waals surface area contributed by atoms with Gasteiger partial charge in [-0.1, -0.05) is 18.2 Å². The Balaban J connectivity index is 2.28. The second-order valence-corrected chi connectivity index (χ2v) is 4.90. The van der Waals surface area contributed by atoms with Crippen LogP contribution in [0, 0.1) is 25.5 Å². The second kappa shape index (κ2) is 5.91. The van der Waals surface area contributed by atoms with Crippen LogP contribution in [0.3, 0.4) is 0 Å². The Labute approximate surface area is 121 Å².